The van der Waals surface area contributed by atoms with Gasteiger partial charge in [0, 0.05) is 37.3 Å². The fraction of sp³-hybridized carbons (Fsp3) is 0.444. The summed E-state index contributed by atoms with van der Waals surface area (Å²) in [4.78, 5) is 24.8. The fourth-order valence-corrected chi connectivity index (χ4v) is 4.59. The van der Waals surface area contributed by atoms with Gasteiger partial charge in [-0.2, -0.15) is 0 Å². The number of thiophene rings is 1. The third-order valence-corrected chi connectivity index (χ3v) is 6.13. The molecule has 2 aliphatic rings. The summed E-state index contributed by atoms with van der Waals surface area (Å²) in [6.07, 6.45) is 4.63. The molecule has 0 bridgehead atoms. The van der Waals surface area contributed by atoms with Crippen molar-refractivity contribution in [3.8, 4) is 0 Å². The molecule has 1 unspecified atom stereocenters. The van der Waals surface area contributed by atoms with Gasteiger partial charge < -0.3 is 4.90 Å². The van der Waals surface area contributed by atoms with Gasteiger partial charge in [-0.3, -0.25) is 19.6 Å². The van der Waals surface area contributed by atoms with E-state index in [0.29, 0.717) is 6.54 Å². The average Bonchev–Trinajstić information content (AvgIpc) is 3.23. The Bertz CT molecular complexity index is 705. The Labute approximate surface area is 146 Å². The highest BCUT2D eigenvalue weighted by atomic mass is 32.1. The Morgan fingerprint density at radius 1 is 1.29 bits per heavy atom. The molecular formula is C18H22N4OS. The maximum Gasteiger partial charge on any atom is 0.241 e. The largest absolute Gasteiger partial charge is 0.308 e. The number of piperazine rings is 1. The predicted molar refractivity (Wildman–Crippen MR) is 96.2 cm³/mol. The van der Waals surface area contributed by atoms with Crippen LogP contribution in [0.3, 0.4) is 0 Å². The van der Waals surface area contributed by atoms with E-state index in [1.54, 1.807) is 12.4 Å². The first-order valence-electron chi connectivity index (χ1n) is 8.33. The highest BCUT2D eigenvalue weighted by Crippen LogP contribution is 2.34. The van der Waals surface area contributed by atoms with Gasteiger partial charge in [0.05, 0.1) is 24.0 Å². The van der Waals surface area contributed by atoms with E-state index in [2.05, 4.69) is 39.3 Å². The molecule has 2 saturated heterocycles. The van der Waals surface area contributed by atoms with Crippen molar-refractivity contribution in [2.75, 3.05) is 38.1 Å². The zero-order chi connectivity index (χ0) is 16.6. The molecule has 2 aliphatic heterocycles. The molecule has 0 aliphatic carbocycles. The first-order valence-corrected chi connectivity index (χ1v) is 9.21. The van der Waals surface area contributed by atoms with Crippen molar-refractivity contribution in [1.29, 1.82) is 0 Å². The topological polar surface area (TPSA) is 39.7 Å². The van der Waals surface area contributed by atoms with Crippen LogP contribution in [0.2, 0.25) is 0 Å². The molecule has 2 fully saturated rings. The summed E-state index contributed by atoms with van der Waals surface area (Å²) in [5.74, 6) is 0.160. The molecule has 4 heterocycles. The van der Waals surface area contributed by atoms with Gasteiger partial charge in [0.2, 0.25) is 5.91 Å². The molecule has 6 heteroatoms. The smallest absolute Gasteiger partial charge is 0.241 e. The maximum atomic E-state index is 12.5. The average molecular weight is 342 g/mol. The molecule has 0 aromatic carbocycles. The van der Waals surface area contributed by atoms with Crippen molar-refractivity contribution in [3.63, 3.8) is 0 Å². The number of amides is 1. The van der Waals surface area contributed by atoms with Gasteiger partial charge in [-0.25, -0.2) is 0 Å². The Kier molecular flexibility index (Phi) is 4.12. The van der Waals surface area contributed by atoms with Crippen LogP contribution in [0.15, 0.2) is 42.0 Å². The number of pyridine rings is 1. The molecule has 2 aromatic rings. The highest BCUT2D eigenvalue weighted by Gasteiger charge is 2.47. The monoisotopic (exact) mass is 342 g/mol. The normalized spacial score (nSPS) is 25.7. The number of carbonyl (C=O) groups is 1. The van der Waals surface area contributed by atoms with E-state index in [1.807, 2.05) is 28.4 Å². The molecule has 126 valence electrons. The first-order chi connectivity index (χ1) is 11.7. The quantitative estimate of drug-likeness (QED) is 0.856. The molecule has 4 rings (SSSR count). The minimum Gasteiger partial charge on any atom is -0.308 e. The summed E-state index contributed by atoms with van der Waals surface area (Å²) in [5.41, 5.74) is 0.952. The predicted octanol–water partition coefficient (Wildman–Crippen LogP) is 2.07. The number of likely N-dealkylation sites (N-methyl/N-ethyl adjacent to an activating group) is 1. The van der Waals surface area contributed by atoms with E-state index in [1.165, 1.54) is 4.88 Å². The molecule has 1 spiro atoms. The molecule has 2 aromatic heterocycles. The van der Waals surface area contributed by atoms with Crippen molar-refractivity contribution < 1.29 is 4.79 Å². The minimum absolute atomic E-state index is 0.0427. The summed E-state index contributed by atoms with van der Waals surface area (Å²) >= 11 is 1.82. The van der Waals surface area contributed by atoms with Gasteiger partial charge in [0.1, 0.15) is 0 Å². The van der Waals surface area contributed by atoms with Crippen LogP contribution >= 0.6 is 11.3 Å². The van der Waals surface area contributed by atoms with E-state index >= 15 is 0 Å². The zero-order valence-corrected chi connectivity index (χ0v) is 14.7. The standard InChI is InChI=1S/C18H22N4OS/c1-20-12-17(23)22(15-4-2-7-19-10-15)14-18(20)6-8-21(13-18)11-16-5-3-9-24-16/h2-5,7,9-10H,6,8,11-14H2,1H3. The number of likely N-dealkylation sites (tertiary alicyclic amines) is 1. The third-order valence-electron chi connectivity index (χ3n) is 5.26. The lowest BCUT2D eigenvalue weighted by atomic mass is 9.92. The number of hydrogen-bond acceptors (Lipinski definition) is 5. The van der Waals surface area contributed by atoms with Crippen LogP contribution in [0.4, 0.5) is 5.69 Å². The van der Waals surface area contributed by atoms with Gasteiger partial charge in [0.25, 0.3) is 0 Å². The summed E-state index contributed by atoms with van der Waals surface area (Å²) < 4.78 is 0. The van der Waals surface area contributed by atoms with E-state index in [9.17, 15) is 4.79 Å². The van der Waals surface area contributed by atoms with Gasteiger partial charge in [-0.1, -0.05) is 6.07 Å². The molecule has 24 heavy (non-hydrogen) atoms. The second-order valence-corrected chi connectivity index (χ2v) is 7.84. The number of anilines is 1. The number of nitrogens with zero attached hydrogens (tertiary/aromatic N) is 4. The number of hydrogen-bond donors (Lipinski definition) is 0. The van der Waals surface area contributed by atoms with Crippen LogP contribution in [-0.2, 0) is 11.3 Å². The molecule has 0 saturated carbocycles. The number of rotatable bonds is 3. The Morgan fingerprint density at radius 2 is 2.21 bits per heavy atom. The van der Waals surface area contributed by atoms with Gasteiger partial charge in [-0.15, -0.1) is 11.3 Å². The Hall–Kier alpha value is -1.76. The van der Waals surface area contributed by atoms with Crippen molar-refractivity contribution in [1.82, 2.24) is 14.8 Å². The lowest BCUT2D eigenvalue weighted by Crippen LogP contribution is -2.64. The fourth-order valence-electron chi connectivity index (χ4n) is 3.85. The summed E-state index contributed by atoms with van der Waals surface area (Å²) in [6.45, 7) is 4.31. The SMILES string of the molecule is CN1CC(=O)N(c2cccnc2)CC12CCN(Cc1cccs1)C2. The highest BCUT2D eigenvalue weighted by molar-refractivity contribution is 7.09. The van der Waals surface area contributed by atoms with E-state index in [0.717, 1.165) is 38.3 Å². The van der Waals surface area contributed by atoms with Gasteiger partial charge in [0.15, 0.2) is 0 Å². The number of aromatic nitrogens is 1. The molecule has 5 nitrogen and oxygen atoms in total. The summed E-state index contributed by atoms with van der Waals surface area (Å²) in [6, 6.07) is 8.18. The van der Waals surface area contributed by atoms with Crippen LogP contribution in [0.25, 0.3) is 0 Å². The van der Waals surface area contributed by atoms with Crippen LogP contribution in [0, 0.1) is 0 Å². The van der Waals surface area contributed by atoms with E-state index in [-0.39, 0.29) is 11.4 Å². The van der Waals surface area contributed by atoms with Gasteiger partial charge >= 0.3 is 0 Å². The van der Waals surface area contributed by atoms with Crippen LogP contribution in [0.1, 0.15) is 11.3 Å². The zero-order valence-electron chi connectivity index (χ0n) is 13.9. The third kappa shape index (κ3) is 2.85. The lowest BCUT2D eigenvalue weighted by molar-refractivity contribution is -0.123. The van der Waals surface area contributed by atoms with Crippen molar-refractivity contribution in [2.45, 2.75) is 18.5 Å². The lowest BCUT2D eigenvalue weighted by Gasteiger charge is -2.46. The maximum absolute atomic E-state index is 12.5. The van der Waals surface area contributed by atoms with Crippen LogP contribution < -0.4 is 4.90 Å². The second kappa shape index (κ2) is 6.27. The molecule has 0 radical (unpaired) electrons. The van der Waals surface area contributed by atoms with E-state index < -0.39 is 0 Å². The van der Waals surface area contributed by atoms with Crippen molar-refractivity contribution >= 4 is 22.9 Å². The Balaban J connectivity index is 1.52. The summed E-state index contributed by atoms with van der Waals surface area (Å²) in [7, 11) is 2.09. The summed E-state index contributed by atoms with van der Waals surface area (Å²) in [5, 5.41) is 2.14. The van der Waals surface area contributed by atoms with Crippen LogP contribution in [-0.4, -0.2) is 59.5 Å². The van der Waals surface area contributed by atoms with Gasteiger partial charge in [-0.05, 0) is 37.0 Å². The number of carbonyl (C=O) groups excluding carboxylic acids is 1. The first kappa shape index (κ1) is 15.7. The molecule has 1 atom stereocenters. The second-order valence-electron chi connectivity index (χ2n) is 6.81. The van der Waals surface area contributed by atoms with E-state index in [4.69, 9.17) is 0 Å². The molecule has 0 N–H and O–H groups in total. The Morgan fingerprint density at radius 3 is 2.96 bits per heavy atom. The molecular weight excluding hydrogens is 320 g/mol. The van der Waals surface area contributed by atoms with Crippen molar-refractivity contribution in [2.24, 2.45) is 0 Å². The van der Waals surface area contributed by atoms with Crippen LogP contribution in [0.5, 0.6) is 0 Å². The minimum atomic E-state index is 0.0427. The van der Waals surface area contributed by atoms with Crippen molar-refractivity contribution in [3.05, 3.63) is 46.9 Å². The molecule has 1 amide bonds.